The van der Waals surface area contributed by atoms with Crippen molar-refractivity contribution in [2.45, 2.75) is 191 Å². The van der Waals surface area contributed by atoms with Crippen LogP contribution in [-0.2, 0) is 81.5 Å². The van der Waals surface area contributed by atoms with Crippen LogP contribution in [0.1, 0.15) is 137 Å². The molecule has 3 aromatic heterocycles. The molecule has 600 valence electrons. The summed E-state index contributed by atoms with van der Waals surface area (Å²) in [5, 5.41) is 10.6. The SMILES string of the molecule is CC(C)OP1(=O)OC[C@H]2OC(n3ccc(NC(=O)c4ccc5c(c4)CC(C)(C)O5)nc3=O)C(F)(F)[C@@H]2O1.CC(C)OP1(=O)OC[C@H]2OC(n3ccc(NC(=O)c4ccc5c(c4)CCC(C)(C)O5)nc3=O)C(F)(F)[C@@H]2O1.CC(C)OP1(=O)OC[C@H]2OC(n3ccc(NC(=O)c4ccc5c(c4)NCCO5)nc3=O)C(F)(F)[C@@H]2O1. The number of halogens is 6. The summed E-state index contributed by atoms with van der Waals surface area (Å²) in [7, 11) is -12.7. The molecule has 34 nitrogen and oxygen atoms in total. The van der Waals surface area contributed by atoms with E-state index < -0.39 is 169 Å². The Bertz CT molecular complexity index is 4960. The molecule has 0 aliphatic carbocycles. The van der Waals surface area contributed by atoms with E-state index in [1.54, 1.807) is 96.1 Å². The second-order valence-electron chi connectivity index (χ2n) is 28.8. The molecule has 0 saturated carbocycles. The summed E-state index contributed by atoms with van der Waals surface area (Å²) in [5.74, 6) is -11.3. The van der Waals surface area contributed by atoms with Gasteiger partial charge in [-0.15, -0.1) is 0 Å². The van der Waals surface area contributed by atoms with Gasteiger partial charge in [-0.1, -0.05) is 0 Å². The van der Waals surface area contributed by atoms with Crippen molar-refractivity contribution in [2.75, 3.05) is 54.2 Å². The predicted molar refractivity (Wildman–Crippen MR) is 375 cm³/mol. The second-order valence-corrected chi connectivity index (χ2v) is 33.5. The van der Waals surface area contributed by atoms with Gasteiger partial charge in [0, 0.05) is 48.2 Å². The van der Waals surface area contributed by atoms with Crippen LogP contribution in [-0.4, -0.2) is 163 Å². The Balaban J connectivity index is 0.000000146. The normalized spacial score (nSPS) is 29.1. The monoisotopic (exact) mass is 1620 g/mol. The first-order chi connectivity index (χ1) is 52.1. The number of alkyl halides is 6. The number of fused-ring (bicyclic) bond motifs is 6. The topological polar surface area (TPSA) is 394 Å². The number of aromatic nitrogens is 6. The maximum absolute atomic E-state index is 15.3. The number of rotatable bonds is 15. The number of nitrogens with one attached hydrogen (secondary N) is 4. The number of hydrogen-bond donors (Lipinski definition) is 4. The third-order valence-corrected chi connectivity index (χ3v) is 22.8. The number of nitrogens with zero attached hydrogens (tertiary/aromatic N) is 6. The van der Waals surface area contributed by atoms with Crippen molar-refractivity contribution in [2.24, 2.45) is 0 Å². The van der Waals surface area contributed by atoms with Crippen molar-refractivity contribution in [1.29, 1.82) is 0 Å². The van der Waals surface area contributed by atoms with E-state index in [1.165, 1.54) is 18.2 Å². The van der Waals surface area contributed by atoms with Crippen molar-refractivity contribution in [3.63, 3.8) is 0 Å². The summed E-state index contributed by atoms with van der Waals surface area (Å²) in [4.78, 5) is 87.2. The van der Waals surface area contributed by atoms with Gasteiger partial charge in [0.1, 0.15) is 70.8 Å². The first kappa shape index (κ1) is 80.7. The van der Waals surface area contributed by atoms with Gasteiger partial charge in [-0.25, -0.2) is 28.1 Å². The Morgan fingerprint density at radius 2 is 0.856 bits per heavy atom. The summed E-state index contributed by atoms with van der Waals surface area (Å²) < 4.78 is 209. The molecule has 6 aromatic rings. The van der Waals surface area contributed by atoms with Crippen LogP contribution in [0.15, 0.2) is 106 Å². The highest BCUT2D eigenvalue weighted by Crippen LogP contribution is 2.63. The van der Waals surface area contributed by atoms with Crippen LogP contribution < -0.4 is 52.5 Å². The smallest absolute Gasteiger partial charge is 0.475 e. The van der Waals surface area contributed by atoms with Gasteiger partial charge in [-0.05, 0) is 166 Å². The lowest BCUT2D eigenvalue weighted by molar-refractivity contribution is -0.139. The lowest BCUT2D eigenvalue weighted by atomic mass is 9.93. The van der Waals surface area contributed by atoms with Crippen LogP contribution in [0.5, 0.6) is 17.2 Å². The number of aryl methyl sites for hydroxylation is 1. The number of anilines is 4. The second kappa shape index (κ2) is 30.6. The molecule has 43 heteroatoms. The summed E-state index contributed by atoms with van der Waals surface area (Å²) in [6.07, 6.45) is -12.6. The highest BCUT2D eigenvalue weighted by Gasteiger charge is 2.68. The Labute approximate surface area is 627 Å². The first-order valence-corrected chi connectivity index (χ1v) is 39.3. The fraction of sp³-hybridized carbons (Fsp3) is 0.515. The van der Waals surface area contributed by atoms with Crippen LogP contribution in [0, 0.1) is 0 Å². The zero-order chi connectivity index (χ0) is 79.9. The minimum Gasteiger partial charge on any atom is -0.490 e. The van der Waals surface area contributed by atoms with E-state index >= 15 is 26.3 Å². The number of hydrogen-bond acceptors (Lipinski definition) is 28. The third-order valence-electron chi connectivity index (χ3n) is 17.9. The predicted octanol–water partition coefficient (Wildman–Crippen LogP) is 10.6. The molecular weight excluding hydrogens is 1550 g/mol. The summed E-state index contributed by atoms with van der Waals surface area (Å²) >= 11 is 0. The molecule has 0 radical (unpaired) electrons. The molecule has 6 saturated heterocycles. The average Bonchev–Trinajstić information content (AvgIpc) is 1.60. The van der Waals surface area contributed by atoms with Crippen molar-refractivity contribution in [3.05, 3.63) is 151 Å². The van der Waals surface area contributed by atoms with E-state index in [-0.39, 0.29) is 34.2 Å². The number of phosphoric acid groups is 3. The quantitative estimate of drug-likeness (QED) is 0.0548. The molecule has 0 bridgehead atoms. The number of ether oxygens (including phenoxy) is 6. The highest BCUT2D eigenvalue weighted by atomic mass is 31.2. The van der Waals surface area contributed by atoms with Crippen LogP contribution in [0.4, 0.5) is 49.5 Å². The molecule has 12 atom stereocenters. The standard InChI is InChI=1S/C24H28F2N3O8P.C23H26F2N3O8P.C21H23F2N4O8P/c1-13(2)36-38(32)33-12-17-19(37-38)24(25,26)21(34-17)29-10-8-18(28-22(29)31)27-20(30)15-5-6-16-14(11-15)7-9-23(3,4)35-16;1-12(2)35-37(31)32-11-16-18(36-37)23(24,25)20(33-16)28-8-7-17(27-21(28)30)26-19(29)13-5-6-15-14(9-13)10-22(3,4)34-15;1-11(2)34-36(30)32-10-15-17(35-36)21(22,23)19(33-15)27-7-5-16(26-20(27)29)25-18(28)12-3-4-14-13(9-12)24-6-8-31-14/h5-6,8,10-11,13,17,19,21H,7,9,12H2,1-4H3,(H,27,28,30,31);5-9,12,16,18,20H,10-11H2,1-4H3,(H,26,27,29,30);3-5,7,9,11,15,17,19,24H,6,8,10H2,1-2H3,(H,25,26,28,29)/t17-,19-,21?,38?;16-,18-,20?,37?;15-,17-,19?,36?/m111/s1. The molecule has 4 N–H and O–H groups in total. The molecule has 3 amide bonds. The van der Waals surface area contributed by atoms with Crippen molar-refractivity contribution in [3.8, 4) is 17.2 Å². The molecule has 12 heterocycles. The van der Waals surface area contributed by atoms with Gasteiger partial charge >= 0.3 is 58.3 Å². The molecule has 111 heavy (non-hydrogen) atoms. The van der Waals surface area contributed by atoms with Crippen molar-refractivity contribution < 1.29 is 124 Å². The summed E-state index contributed by atoms with van der Waals surface area (Å²) in [6, 6.07) is 18.3. The van der Waals surface area contributed by atoms with Gasteiger partial charge in [0.05, 0.1) is 43.8 Å². The average molecular weight is 1630 g/mol. The van der Waals surface area contributed by atoms with Gasteiger partial charge in [-0.3, -0.25) is 68.8 Å². The molecule has 3 aromatic carbocycles. The van der Waals surface area contributed by atoms with Gasteiger partial charge in [0.25, 0.3) is 17.7 Å². The van der Waals surface area contributed by atoms with Crippen LogP contribution in [0.2, 0.25) is 0 Å². The maximum atomic E-state index is 15.3. The number of carbonyl (C=O) groups is 3. The summed E-state index contributed by atoms with van der Waals surface area (Å²) in [5.41, 5.74) is -0.601. The number of carbonyl (C=O) groups excluding carboxylic acids is 3. The lowest BCUT2D eigenvalue weighted by Gasteiger charge is -2.32. The van der Waals surface area contributed by atoms with E-state index in [0.29, 0.717) is 67.3 Å². The van der Waals surface area contributed by atoms with Gasteiger partial charge in [-0.2, -0.15) is 41.3 Å². The molecule has 6 fully saturated rings. The fourth-order valence-electron chi connectivity index (χ4n) is 13.0. The van der Waals surface area contributed by atoms with E-state index in [9.17, 15) is 42.5 Å². The van der Waals surface area contributed by atoms with Crippen molar-refractivity contribution >= 4 is 64.3 Å². The molecule has 9 aliphatic rings. The Hall–Kier alpha value is -8.30. The minimum atomic E-state index is -4.24. The van der Waals surface area contributed by atoms with E-state index in [1.807, 2.05) is 27.7 Å². The zero-order valence-electron chi connectivity index (χ0n) is 60.8. The third kappa shape index (κ3) is 17.3. The zero-order valence-corrected chi connectivity index (χ0v) is 63.5. The molecular formula is C68H77F6N10O24P3. The van der Waals surface area contributed by atoms with E-state index in [4.69, 9.17) is 69.1 Å². The minimum absolute atomic E-state index is 0.125. The fourth-order valence-corrected chi connectivity index (χ4v) is 17.7. The first-order valence-electron chi connectivity index (χ1n) is 34.9. The maximum Gasteiger partial charge on any atom is 0.475 e. The molecule has 0 spiro atoms. The Morgan fingerprint density at radius 1 is 0.505 bits per heavy atom. The largest absolute Gasteiger partial charge is 0.490 e. The Kier molecular flexibility index (Phi) is 22.2. The van der Waals surface area contributed by atoms with Crippen LogP contribution in [0.25, 0.3) is 0 Å². The van der Waals surface area contributed by atoms with Gasteiger partial charge < -0.3 is 49.7 Å². The van der Waals surface area contributed by atoms with Crippen LogP contribution in [0.3, 0.4) is 0 Å². The van der Waals surface area contributed by atoms with Gasteiger partial charge in [0.15, 0.2) is 18.3 Å². The van der Waals surface area contributed by atoms with Gasteiger partial charge in [0.2, 0.25) is 18.7 Å². The number of phosphoric ester groups is 3. The lowest BCUT2D eigenvalue weighted by Crippen LogP contribution is -2.45. The highest BCUT2D eigenvalue weighted by molar-refractivity contribution is 7.49. The van der Waals surface area contributed by atoms with Crippen LogP contribution >= 0.6 is 23.5 Å². The number of amides is 3. The van der Waals surface area contributed by atoms with Crippen molar-refractivity contribution in [1.82, 2.24) is 28.7 Å². The summed E-state index contributed by atoms with van der Waals surface area (Å²) in [6.45, 7) is 16.8. The Morgan fingerprint density at radius 3 is 1.23 bits per heavy atom. The number of benzene rings is 3. The van der Waals surface area contributed by atoms with E-state index in [2.05, 4.69) is 36.2 Å². The van der Waals surface area contributed by atoms with E-state index in [0.717, 1.165) is 42.6 Å². The molecule has 6 unspecified atom stereocenters. The molecule has 15 rings (SSSR count). The molecule has 9 aliphatic heterocycles.